The van der Waals surface area contributed by atoms with Crippen LogP contribution < -0.4 is 0 Å². The van der Waals surface area contributed by atoms with Gasteiger partial charge in [0, 0.05) is 12.5 Å². The van der Waals surface area contributed by atoms with E-state index in [1.54, 1.807) is 20.8 Å². The summed E-state index contributed by atoms with van der Waals surface area (Å²) in [6.45, 7) is 11.5. The van der Waals surface area contributed by atoms with E-state index < -0.39 is 13.9 Å². The third-order valence-electron chi connectivity index (χ3n) is 1.82. The zero-order valence-electron chi connectivity index (χ0n) is 10.5. The van der Waals surface area contributed by atoms with Crippen molar-refractivity contribution in [2.45, 2.75) is 52.4 Å². The molecule has 0 aromatic rings. The molecule has 0 unspecified atom stereocenters. The minimum absolute atomic E-state index is 0.0109. The summed E-state index contributed by atoms with van der Waals surface area (Å²) in [7, 11) is -1.73. The molecule has 0 aromatic carbocycles. The van der Waals surface area contributed by atoms with Crippen molar-refractivity contribution in [3.8, 4) is 0 Å². The van der Waals surface area contributed by atoms with Crippen LogP contribution >= 0.6 is 0 Å². The van der Waals surface area contributed by atoms with E-state index in [-0.39, 0.29) is 11.5 Å². The van der Waals surface area contributed by atoms with Crippen molar-refractivity contribution in [1.82, 2.24) is 0 Å². The van der Waals surface area contributed by atoms with Gasteiger partial charge < -0.3 is 9.53 Å². The highest BCUT2D eigenvalue weighted by molar-refractivity contribution is 6.69. The summed E-state index contributed by atoms with van der Waals surface area (Å²) >= 11 is 0. The second kappa shape index (κ2) is 4.94. The predicted molar refractivity (Wildman–Crippen MR) is 64.5 cm³/mol. The minimum atomic E-state index is -1.73. The number of aliphatic hydroxyl groups excluding tert-OH is 1. The lowest BCUT2D eigenvalue weighted by Crippen LogP contribution is -2.40. The molecule has 0 fully saturated rings. The lowest BCUT2D eigenvalue weighted by Gasteiger charge is -2.32. The number of hydrogen-bond donors (Lipinski definition) is 1. The lowest BCUT2D eigenvalue weighted by atomic mass is 10.1. The molecule has 0 bridgehead atoms. The Kier molecular flexibility index (Phi) is 4.74. The van der Waals surface area contributed by atoms with Crippen molar-refractivity contribution in [3.05, 3.63) is 11.8 Å². The van der Waals surface area contributed by atoms with E-state index in [2.05, 4.69) is 0 Å². The average molecular weight is 230 g/mol. The fourth-order valence-electron chi connectivity index (χ4n) is 1.25. The van der Waals surface area contributed by atoms with Gasteiger partial charge in [0.25, 0.3) is 0 Å². The van der Waals surface area contributed by atoms with Crippen LogP contribution in [0.4, 0.5) is 0 Å². The molecule has 0 radical (unpaired) electrons. The standard InChI is InChI=1S/C11H22O3Si/c1-7-9(12)8-10(13)11(2,3)14-15(4,5)6/h8,13H,7H2,1-6H3. The van der Waals surface area contributed by atoms with Crippen molar-refractivity contribution in [3.63, 3.8) is 0 Å². The van der Waals surface area contributed by atoms with Crippen LogP contribution in [0.2, 0.25) is 19.6 Å². The average Bonchev–Trinajstić information content (AvgIpc) is 1.99. The Morgan fingerprint density at radius 1 is 1.40 bits per heavy atom. The topological polar surface area (TPSA) is 46.5 Å². The third kappa shape index (κ3) is 5.74. The van der Waals surface area contributed by atoms with Crippen molar-refractivity contribution in [2.24, 2.45) is 0 Å². The van der Waals surface area contributed by atoms with E-state index in [0.717, 1.165) is 0 Å². The molecule has 0 aliphatic heterocycles. The Balaban J connectivity index is 4.73. The molecule has 1 N–H and O–H groups in total. The van der Waals surface area contributed by atoms with Gasteiger partial charge in [0.1, 0.15) is 11.4 Å². The highest BCUT2D eigenvalue weighted by Crippen LogP contribution is 2.23. The molecule has 0 heterocycles. The summed E-state index contributed by atoms with van der Waals surface area (Å²) in [5.41, 5.74) is -0.769. The molecule has 0 atom stereocenters. The number of aliphatic hydroxyl groups is 1. The quantitative estimate of drug-likeness (QED) is 0.448. The first-order chi connectivity index (χ1) is 6.58. The largest absolute Gasteiger partial charge is 0.509 e. The lowest BCUT2D eigenvalue weighted by molar-refractivity contribution is -0.114. The van der Waals surface area contributed by atoms with Gasteiger partial charge in [-0.1, -0.05) is 6.92 Å². The normalized spacial score (nSPS) is 14.1. The molecule has 0 saturated carbocycles. The van der Waals surface area contributed by atoms with Crippen LogP contribution in [0, 0.1) is 0 Å². The molecule has 0 aliphatic carbocycles. The minimum Gasteiger partial charge on any atom is -0.509 e. The van der Waals surface area contributed by atoms with Gasteiger partial charge in [-0.2, -0.15) is 0 Å². The van der Waals surface area contributed by atoms with Crippen LogP contribution in [-0.2, 0) is 9.22 Å². The highest BCUT2D eigenvalue weighted by atomic mass is 28.4. The summed E-state index contributed by atoms with van der Waals surface area (Å²) in [6.07, 6.45) is 1.66. The maximum atomic E-state index is 11.2. The van der Waals surface area contributed by atoms with Crippen LogP contribution in [0.25, 0.3) is 0 Å². The van der Waals surface area contributed by atoms with Crippen LogP contribution in [0.15, 0.2) is 11.8 Å². The van der Waals surface area contributed by atoms with E-state index in [9.17, 15) is 9.90 Å². The summed E-state index contributed by atoms with van der Waals surface area (Å²) in [4.78, 5) is 11.2. The Morgan fingerprint density at radius 2 is 1.87 bits per heavy atom. The molecular weight excluding hydrogens is 208 g/mol. The summed E-state index contributed by atoms with van der Waals surface area (Å²) in [5.74, 6) is -0.0727. The Morgan fingerprint density at radius 3 is 2.20 bits per heavy atom. The van der Waals surface area contributed by atoms with E-state index in [1.807, 2.05) is 19.6 Å². The first-order valence-corrected chi connectivity index (χ1v) is 8.63. The van der Waals surface area contributed by atoms with Gasteiger partial charge in [0.2, 0.25) is 0 Å². The van der Waals surface area contributed by atoms with Crippen molar-refractivity contribution in [1.29, 1.82) is 0 Å². The molecule has 15 heavy (non-hydrogen) atoms. The Bertz CT molecular complexity index is 261. The van der Waals surface area contributed by atoms with Gasteiger partial charge in [-0.15, -0.1) is 0 Å². The van der Waals surface area contributed by atoms with Gasteiger partial charge in [-0.3, -0.25) is 4.79 Å². The van der Waals surface area contributed by atoms with E-state index >= 15 is 0 Å². The van der Waals surface area contributed by atoms with Crippen LogP contribution in [0.3, 0.4) is 0 Å². The summed E-state index contributed by atoms with van der Waals surface area (Å²) in [6, 6.07) is 0. The molecule has 4 heteroatoms. The second-order valence-electron chi connectivity index (χ2n) is 5.07. The predicted octanol–water partition coefficient (Wildman–Crippen LogP) is 3.04. The van der Waals surface area contributed by atoms with Gasteiger partial charge in [0.15, 0.2) is 14.1 Å². The molecule has 3 nitrogen and oxygen atoms in total. The first-order valence-electron chi connectivity index (χ1n) is 5.22. The first kappa shape index (κ1) is 14.4. The van der Waals surface area contributed by atoms with E-state index in [1.165, 1.54) is 6.08 Å². The number of rotatable bonds is 5. The molecule has 0 aromatic heterocycles. The molecule has 0 spiro atoms. The zero-order chi connectivity index (χ0) is 12.3. The van der Waals surface area contributed by atoms with Gasteiger partial charge in [-0.25, -0.2) is 0 Å². The van der Waals surface area contributed by atoms with Crippen LogP contribution in [0.5, 0.6) is 0 Å². The SMILES string of the molecule is CCC(=O)C=C(O)C(C)(C)O[Si](C)(C)C. The monoisotopic (exact) mass is 230 g/mol. The molecule has 0 amide bonds. The number of carbonyl (C=O) groups is 1. The van der Waals surface area contributed by atoms with E-state index in [0.29, 0.717) is 6.42 Å². The molecule has 88 valence electrons. The van der Waals surface area contributed by atoms with Crippen molar-refractivity contribution < 1.29 is 14.3 Å². The number of allylic oxidation sites excluding steroid dienone is 1. The van der Waals surface area contributed by atoms with Gasteiger partial charge in [-0.05, 0) is 33.5 Å². The van der Waals surface area contributed by atoms with Gasteiger partial charge >= 0.3 is 0 Å². The highest BCUT2D eigenvalue weighted by Gasteiger charge is 2.31. The van der Waals surface area contributed by atoms with Crippen LogP contribution in [-0.4, -0.2) is 24.8 Å². The Labute approximate surface area is 93.3 Å². The summed E-state index contributed by atoms with van der Waals surface area (Å²) in [5, 5.41) is 9.78. The zero-order valence-corrected chi connectivity index (χ0v) is 11.5. The molecule has 0 saturated heterocycles. The summed E-state index contributed by atoms with van der Waals surface area (Å²) < 4.78 is 5.80. The fraction of sp³-hybridized carbons (Fsp3) is 0.727. The number of carbonyl (C=O) groups excluding carboxylic acids is 1. The fourth-order valence-corrected chi connectivity index (χ4v) is 2.88. The number of hydrogen-bond acceptors (Lipinski definition) is 3. The second-order valence-corrected chi connectivity index (χ2v) is 9.50. The maximum Gasteiger partial charge on any atom is 0.185 e. The Hall–Kier alpha value is -0.613. The van der Waals surface area contributed by atoms with E-state index in [4.69, 9.17) is 4.43 Å². The molecular formula is C11H22O3Si. The van der Waals surface area contributed by atoms with Gasteiger partial charge in [0.05, 0.1) is 0 Å². The van der Waals surface area contributed by atoms with Crippen molar-refractivity contribution in [2.75, 3.05) is 0 Å². The third-order valence-corrected chi connectivity index (χ3v) is 2.95. The molecule has 0 rings (SSSR count). The smallest absolute Gasteiger partial charge is 0.185 e. The van der Waals surface area contributed by atoms with Crippen LogP contribution in [0.1, 0.15) is 27.2 Å². The number of ketones is 1. The van der Waals surface area contributed by atoms with Crippen molar-refractivity contribution >= 4 is 14.1 Å². The molecule has 0 aliphatic rings. The maximum absolute atomic E-state index is 11.2.